The van der Waals surface area contributed by atoms with Crippen LogP contribution >= 0.6 is 22.9 Å². The molecule has 1 unspecified atom stereocenters. The number of piperidine rings is 1. The van der Waals surface area contributed by atoms with Crippen LogP contribution in [0.25, 0.3) is 0 Å². The van der Waals surface area contributed by atoms with Crippen LogP contribution in [0.2, 0.25) is 4.34 Å². The third kappa shape index (κ3) is 2.00. The van der Waals surface area contributed by atoms with Crippen molar-refractivity contribution < 1.29 is 9.47 Å². The summed E-state index contributed by atoms with van der Waals surface area (Å²) in [6.45, 7) is 3.83. The van der Waals surface area contributed by atoms with Gasteiger partial charge in [-0.3, -0.25) is 0 Å². The number of hydrogen-bond acceptors (Lipinski definition) is 4. The Bertz CT molecular complexity index is 450. The largest absolute Gasteiger partial charge is 0.374 e. The molecule has 1 aromatic heterocycles. The molecule has 3 rings (SSSR count). The minimum absolute atomic E-state index is 0.0274. The van der Waals surface area contributed by atoms with Crippen LogP contribution in [0.3, 0.4) is 0 Å². The summed E-state index contributed by atoms with van der Waals surface area (Å²) in [6, 6.07) is 2.53. The molecule has 3 nitrogen and oxygen atoms in total. The maximum absolute atomic E-state index is 6.21. The molecule has 0 aliphatic carbocycles. The second kappa shape index (κ2) is 4.76. The fraction of sp³-hybridized carbons (Fsp3) is 0.692. The predicted octanol–water partition coefficient (Wildman–Crippen LogP) is 3.09. The number of hydrogen-bond donors (Lipinski definition) is 1. The van der Waals surface area contributed by atoms with E-state index in [1.165, 1.54) is 10.4 Å². The Morgan fingerprint density at radius 3 is 3.17 bits per heavy atom. The number of ether oxygens (including phenoxy) is 2. The van der Waals surface area contributed by atoms with Crippen LogP contribution in [0.15, 0.2) is 6.07 Å². The van der Waals surface area contributed by atoms with Gasteiger partial charge in [0.05, 0.1) is 10.9 Å². The quantitative estimate of drug-likeness (QED) is 0.861. The van der Waals surface area contributed by atoms with Crippen LogP contribution in [0.1, 0.15) is 36.3 Å². The summed E-state index contributed by atoms with van der Waals surface area (Å²) >= 11 is 7.85. The highest BCUT2D eigenvalue weighted by Crippen LogP contribution is 2.49. The Kier molecular flexibility index (Phi) is 3.41. The van der Waals surface area contributed by atoms with Crippen molar-refractivity contribution in [3.63, 3.8) is 0 Å². The molecule has 0 radical (unpaired) electrons. The molecule has 0 saturated carbocycles. The van der Waals surface area contributed by atoms with Crippen LogP contribution in [0, 0.1) is 0 Å². The second-order valence-corrected chi connectivity index (χ2v) is 6.86. The van der Waals surface area contributed by atoms with E-state index in [1.807, 2.05) is 6.07 Å². The fourth-order valence-electron chi connectivity index (χ4n) is 3.08. The van der Waals surface area contributed by atoms with Crippen molar-refractivity contribution in [1.29, 1.82) is 0 Å². The Morgan fingerprint density at radius 1 is 1.61 bits per heavy atom. The molecule has 2 aliphatic rings. The molecule has 5 heteroatoms. The molecule has 0 amide bonds. The lowest BCUT2D eigenvalue weighted by atomic mass is 9.82. The smallest absolute Gasteiger partial charge is 0.107 e. The molecule has 1 saturated heterocycles. The maximum Gasteiger partial charge on any atom is 0.107 e. The van der Waals surface area contributed by atoms with Gasteiger partial charge in [-0.1, -0.05) is 11.6 Å². The van der Waals surface area contributed by atoms with Crippen molar-refractivity contribution in [2.45, 2.75) is 37.5 Å². The van der Waals surface area contributed by atoms with Gasteiger partial charge in [0.15, 0.2) is 0 Å². The number of nitrogens with one attached hydrogen (secondary N) is 1. The second-order valence-electron chi connectivity index (χ2n) is 5.17. The van der Waals surface area contributed by atoms with Crippen molar-refractivity contribution in [3.8, 4) is 0 Å². The van der Waals surface area contributed by atoms with E-state index < -0.39 is 0 Å². The van der Waals surface area contributed by atoms with Gasteiger partial charge in [-0.05, 0) is 32.4 Å². The Hall–Kier alpha value is -0.130. The molecule has 3 heterocycles. The van der Waals surface area contributed by atoms with Gasteiger partial charge in [-0.15, -0.1) is 11.3 Å². The number of methoxy groups -OCH3 is 1. The molecule has 1 N–H and O–H groups in total. The number of halogens is 1. The molecule has 2 aliphatic heterocycles. The molecule has 1 spiro atoms. The number of rotatable bonds is 1. The van der Waals surface area contributed by atoms with E-state index in [-0.39, 0.29) is 11.7 Å². The minimum Gasteiger partial charge on any atom is -0.374 e. The summed E-state index contributed by atoms with van der Waals surface area (Å²) in [7, 11) is 1.73. The van der Waals surface area contributed by atoms with Gasteiger partial charge in [0, 0.05) is 23.6 Å². The fourth-order valence-corrected chi connectivity index (χ4v) is 4.55. The van der Waals surface area contributed by atoms with Crippen LogP contribution in [0.4, 0.5) is 0 Å². The first-order valence-electron chi connectivity index (χ1n) is 6.34. The van der Waals surface area contributed by atoms with Gasteiger partial charge in [0.25, 0.3) is 0 Å². The van der Waals surface area contributed by atoms with Gasteiger partial charge in [-0.25, -0.2) is 0 Å². The van der Waals surface area contributed by atoms with E-state index in [0.29, 0.717) is 12.6 Å². The highest BCUT2D eigenvalue weighted by Gasteiger charge is 2.45. The van der Waals surface area contributed by atoms with Crippen LogP contribution in [0.5, 0.6) is 0 Å². The summed E-state index contributed by atoms with van der Waals surface area (Å²) in [5, 5.41) is 3.48. The third-order valence-corrected chi connectivity index (χ3v) is 5.41. The van der Waals surface area contributed by atoms with Gasteiger partial charge in [-0.2, -0.15) is 0 Å². The lowest BCUT2D eigenvalue weighted by Gasteiger charge is -2.44. The third-order valence-electron chi connectivity index (χ3n) is 3.94. The van der Waals surface area contributed by atoms with Gasteiger partial charge in [0.2, 0.25) is 0 Å². The average Bonchev–Trinajstić information content (AvgIpc) is 2.73. The van der Waals surface area contributed by atoms with Gasteiger partial charge < -0.3 is 14.8 Å². The monoisotopic (exact) mass is 287 g/mol. The first-order valence-corrected chi connectivity index (χ1v) is 7.54. The van der Waals surface area contributed by atoms with Crippen molar-refractivity contribution >= 4 is 22.9 Å². The Balaban J connectivity index is 2.02. The molecule has 18 heavy (non-hydrogen) atoms. The van der Waals surface area contributed by atoms with Gasteiger partial charge in [0.1, 0.15) is 11.7 Å². The predicted molar refractivity (Wildman–Crippen MR) is 73.4 cm³/mol. The molecule has 100 valence electrons. The summed E-state index contributed by atoms with van der Waals surface area (Å²) in [4.78, 5) is 1.28. The highest BCUT2D eigenvalue weighted by molar-refractivity contribution is 7.16. The molecule has 0 aromatic carbocycles. The Morgan fingerprint density at radius 2 is 2.44 bits per heavy atom. The topological polar surface area (TPSA) is 30.5 Å². The first-order chi connectivity index (χ1) is 8.64. The zero-order valence-corrected chi connectivity index (χ0v) is 12.2. The van der Waals surface area contributed by atoms with E-state index >= 15 is 0 Å². The zero-order chi connectivity index (χ0) is 12.8. The normalized spacial score (nSPS) is 35.7. The van der Waals surface area contributed by atoms with Crippen LogP contribution < -0.4 is 5.32 Å². The van der Waals surface area contributed by atoms with E-state index in [4.69, 9.17) is 21.1 Å². The van der Waals surface area contributed by atoms with E-state index in [1.54, 1.807) is 18.4 Å². The van der Waals surface area contributed by atoms with Crippen LogP contribution in [-0.4, -0.2) is 26.3 Å². The van der Waals surface area contributed by atoms with Crippen molar-refractivity contribution in [2.75, 3.05) is 20.3 Å². The summed E-state index contributed by atoms with van der Waals surface area (Å²) in [6.07, 6.45) is 2.05. The van der Waals surface area contributed by atoms with E-state index in [0.717, 1.165) is 23.7 Å². The summed E-state index contributed by atoms with van der Waals surface area (Å²) in [5.74, 6) is 0. The highest BCUT2D eigenvalue weighted by atomic mass is 35.5. The lowest BCUT2D eigenvalue weighted by molar-refractivity contribution is -0.128. The maximum atomic E-state index is 6.21. The molecule has 3 atom stereocenters. The number of thiophene rings is 1. The van der Waals surface area contributed by atoms with Gasteiger partial charge >= 0.3 is 0 Å². The van der Waals surface area contributed by atoms with Crippen molar-refractivity contribution in [2.24, 2.45) is 0 Å². The molecule has 1 aromatic rings. The summed E-state index contributed by atoms with van der Waals surface area (Å²) < 4.78 is 12.5. The molecule has 1 fully saturated rings. The molecular formula is C13H18ClNO2S. The zero-order valence-electron chi connectivity index (χ0n) is 10.7. The summed E-state index contributed by atoms with van der Waals surface area (Å²) in [5.41, 5.74) is 1.08. The van der Waals surface area contributed by atoms with Crippen LogP contribution in [-0.2, 0) is 15.1 Å². The van der Waals surface area contributed by atoms with E-state index in [9.17, 15) is 0 Å². The number of fused-ring (bicyclic) bond motifs is 2. The average molecular weight is 288 g/mol. The van der Waals surface area contributed by atoms with E-state index in [2.05, 4.69) is 12.2 Å². The van der Waals surface area contributed by atoms with Crippen molar-refractivity contribution in [3.05, 3.63) is 20.8 Å². The standard InChI is InChI=1S/C13H18ClNO2S/c1-8-6-13(3-4-15-8)12-9(5-11(14)18-12)10(16-2)7-17-13/h5,8,10,15H,3-4,6-7H2,1-2H3/t8-,10?,13+/m0/s1. The first kappa shape index (κ1) is 12.9. The Labute approximate surface area is 116 Å². The minimum atomic E-state index is -0.146. The lowest BCUT2D eigenvalue weighted by Crippen LogP contribution is -2.48. The van der Waals surface area contributed by atoms with Crippen molar-refractivity contribution in [1.82, 2.24) is 5.32 Å². The molecular weight excluding hydrogens is 270 g/mol. The molecule has 0 bridgehead atoms. The SMILES string of the molecule is COC1CO[C@@]2(CCN[C@@H](C)C2)c2sc(Cl)cc21.